The normalized spacial score (nSPS) is 13.3. The van der Waals surface area contributed by atoms with E-state index in [1.165, 1.54) is 4.90 Å². The van der Waals surface area contributed by atoms with Crippen LogP contribution in [0.15, 0.2) is 36.4 Å². The third-order valence-corrected chi connectivity index (χ3v) is 4.06. The fourth-order valence-electron chi connectivity index (χ4n) is 2.51. The van der Waals surface area contributed by atoms with Gasteiger partial charge in [-0.1, -0.05) is 41.4 Å². The lowest BCUT2D eigenvalue weighted by Crippen LogP contribution is -2.34. The summed E-state index contributed by atoms with van der Waals surface area (Å²) in [5, 5.41) is 0.777. The summed E-state index contributed by atoms with van der Waals surface area (Å²) in [7, 11) is 0. The maximum Gasteiger partial charge on any atom is 0.414 e. The molecular formula is C17H15Cl2NO3. The molecule has 0 N–H and O–H groups in total. The van der Waals surface area contributed by atoms with Crippen LogP contribution in [0.4, 0.5) is 10.5 Å². The van der Waals surface area contributed by atoms with Crippen LogP contribution in [-0.2, 0) is 11.2 Å². The molecule has 6 heteroatoms. The first-order valence-electron chi connectivity index (χ1n) is 7.29. The number of carbonyl (C=O) groups excluding carboxylic acids is 1. The third-order valence-electron chi connectivity index (χ3n) is 3.56. The Balaban J connectivity index is 2.13. The van der Waals surface area contributed by atoms with Crippen molar-refractivity contribution in [3.8, 4) is 11.5 Å². The van der Waals surface area contributed by atoms with E-state index in [1.807, 2.05) is 24.3 Å². The maximum absolute atomic E-state index is 12.3. The molecule has 23 heavy (non-hydrogen) atoms. The molecule has 1 aliphatic rings. The molecule has 3 rings (SSSR count). The van der Waals surface area contributed by atoms with Gasteiger partial charge in [-0.3, -0.25) is 4.90 Å². The van der Waals surface area contributed by atoms with E-state index in [9.17, 15) is 4.79 Å². The molecule has 2 aromatic rings. The van der Waals surface area contributed by atoms with E-state index in [0.717, 1.165) is 11.3 Å². The van der Waals surface area contributed by atoms with Gasteiger partial charge in [0, 0.05) is 11.6 Å². The van der Waals surface area contributed by atoms with Crippen molar-refractivity contribution >= 4 is 35.0 Å². The molecule has 0 fully saturated rings. The quantitative estimate of drug-likeness (QED) is 0.699. The monoisotopic (exact) mass is 351 g/mol. The lowest BCUT2D eigenvalue weighted by Gasteiger charge is -2.28. The van der Waals surface area contributed by atoms with Gasteiger partial charge in [-0.15, -0.1) is 0 Å². The summed E-state index contributed by atoms with van der Waals surface area (Å²) in [6, 6.07) is 10.9. The highest BCUT2D eigenvalue weighted by Crippen LogP contribution is 2.43. The zero-order valence-electron chi connectivity index (χ0n) is 12.5. The third kappa shape index (κ3) is 3.23. The highest BCUT2D eigenvalue weighted by Gasteiger charge is 2.26. The van der Waals surface area contributed by atoms with E-state index < -0.39 is 6.09 Å². The van der Waals surface area contributed by atoms with Gasteiger partial charge in [-0.05, 0) is 37.1 Å². The number of rotatable bonds is 1. The van der Waals surface area contributed by atoms with Crippen LogP contribution in [0.1, 0.15) is 12.5 Å². The van der Waals surface area contributed by atoms with Gasteiger partial charge in [0.2, 0.25) is 0 Å². The number of anilines is 1. The zero-order chi connectivity index (χ0) is 16.4. The summed E-state index contributed by atoms with van der Waals surface area (Å²) in [6.45, 7) is 2.50. The predicted octanol–water partition coefficient (Wildman–Crippen LogP) is 5.30. The van der Waals surface area contributed by atoms with Gasteiger partial charge in [0.25, 0.3) is 0 Å². The average Bonchev–Trinajstić information content (AvgIpc) is 2.50. The summed E-state index contributed by atoms with van der Waals surface area (Å²) in [5.74, 6) is 1.12. The Morgan fingerprint density at radius 3 is 2.87 bits per heavy atom. The Bertz CT molecular complexity index is 749. The summed E-state index contributed by atoms with van der Waals surface area (Å²) in [4.78, 5) is 13.8. The number of carbonyl (C=O) groups is 1. The second kappa shape index (κ2) is 6.69. The smallest absolute Gasteiger partial charge is 0.414 e. The summed E-state index contributed by atoms with van der Waals surface area (Å²) in [5.41, 5.74) is 1.51. The molecule has 0 bridgehead atoms. The van der Waals surface area contributed by atoms with Crippen molar-refractivity contribution in [2.45, 2.75) is 13.3 Å². The largest absolute Gasteiger partial charge is 0.453 e. The highest BCUT2D eigenvalue weighted by molar-refractivity contribution is 6.36. The van der Waals surface area contributed by atoms with Gasteiger partial charge >= 0.3 is 6.09 Å². The van der Waals surface area contributed by atoms with E-state index in [2.05, 4.69) is 0 Å². The van der Waals surface area contributed by atoms with Crippen LogP contribution < -0.4 is 9.64 Å². The van der Waals surface area contributed by atoms with Crippen LogP contribution in [0.5, 0.6) is 11.5 Å². The van der Waals surface area contributed by atoms with Gasteiger partial charge in [0.1, 0.15) is 5.75 Å². The molecule has 1 aliphatic heterocycles. The lowest BCUT2D eigenvalue weighted by atomic mass is 10.1. The number of para-hydroxylation sites is 1. The molecule has 0 radical (unpaired) electrons. The molecular weight excluding hydrogens is 337 g/mol. The molecule has 1 heterocycles. The van der Waals surface area contributed by atoms with E-state index in [4.69, 9.17) is 32.7 Å². The first kappa shape index (κ1) is 16.0. The van der Waals surface area contributed by atoms with Crippen molar-refractivity contribution in [3.05, 3.63) is 52.0 Å². The van der Waals surface area contributed by atoms with Gasteiger partial charge in [0.05, 0.1) is 17.3 Å². The second-order valence-electron chi connectivity index (χ2n) is 5.05. The van der Waals surface area contributed by atoms with Crippen molar-refractivity contribution in [1.82, 2.24) is 0 Å². The number of fused-ring (bicyclic) bond motifs is 2. The molecule has 1 amide bonds. The number of hydrogen-bond donors (Lipinski definition) is 0. The fourth-order valence-corrected chi connectivity index (χ4v) is 3.03. The first-order valence-corrected chi connectivity index (χ1v) is 8.05. The van der Waals surface area contributed by atoms with Crippen molar-refractivity contribution in [2.24, 2.45) is 0 Å². The standard InChI is InChI=1S/C17H15Cl2NO3/c1-2-22-17(21)20-8-7-11-5-3-4-6-15(11)23-16-13(19)9-12(18)10-14(16)20/h3-6,9-10H,2,7-8H2,1H3. The molecule has 120 valence electrons. The number of ether oxygens (including phenoxy) is 2. The second-order valence-corrected chi connectivity index (χ2v) is 5.89. The lowest BCUT2D eigenvalue weighted by molar-refractivity contribution is 0.159. The minimum absolute atomic E-state index is 0.288. The highest BCUT2D eigenvalue weighted by atomic mass is 35.5. The van der Waals surface area contributed by atoms with E-state index >= 15 is 0 Å². The van der Waals surface area contributed by atoms with Gasteiger partial charge in [0.15, 0.2) is 5.75 Å². The number of benzene rings is 2. The average molecular weight is 352 g/mol. The Hall–Kier alpha value is -1.91. The summed E-state index contributed by atoms with van der Waals surface area (Å²) in [6.07, 6.45) is 0.188. The summed E-state index contributed by atoms with van der Waals surface area (Å²) < 4.78 is 11.1. The van der Waals surface area contributed by atoms with Crippen LogP contribution in [0.25, 0.3) is 0 Å². The van der Waals surface area contributed by atoms with Crippen LogP contribution >= 0.6 is 23.2 Å². The van der Waals surface area contributed by atoms with Crippen molar-refractivity contribution in [3.63, 3.8) is 0 Å². The topological polar surface area (TPSA) is 38.8 Å². The van der Waals surface area contributed by atoms with Crippen LogP contribution in [0.3, 0.4) is 0 Å². The van der Waals surface area contributed by atoms with Crippen LogP contribution in [0.2, 0.25) is 10.0 Å². The van der Waals surface area contributed by atoms with Crippen LogP contribution in [-0.4, -0.2) is 19.2 Å². The van der Waals surface area contributed by atoms with E-state index in [-0.39, 0.29) is 6.61 Å². The molecule has 0 saturated heterocycles. The molecule has 2 aromatic carbocycles. The SMILES string of the molecule is CCOC(=O)N1CCc2ccccc2Oc2c(Cl)cc(Cl)cc21. The number of nitrogens with zero attached hydrogens (tertiary/aromatic N) is 1. The molecule has 0 spiro atoms. The first-order chi connectivity index (χ1) is 11.1. The van der Waals surface area contributed by atoms with Gasteiger partial charge in [-0.25, -0.2) is 4.79 Å². The minimum Gasteiger partial charge on any atom is -0.453 e. The van der Waals surface area contributed by atoms with E-state index in [1.54, 1.807) is 19.1 Å². The molecule has 0 saturated carbocycles. The Labute approximate surface area is 144 Å². The van der Waals surface area contributed by atoms with E-state index in [0.29, 0.717) is 34.4 Å². The molecule has 0 aromatic heterocycles. The van der Waals surface area contributed by atoms with Crippen molar-refractivity contribution < 1.29 is 14.3 Å². The fraction of sp³-hybridized carbons (Fsp3) is 0.235. The zero-order valence-corrected chi connectivity index (χ0v) is 14.0. The number of hydrogen-bond acceptors (Lipinski definition) is 3. The minimum atomic E-state index is -0.449. The number of halogens is 2. The van der Waals surface area contributed by atoms with Crippen molar-refractivity contribution in [2.75, 3.05) is 18.1 Å². The predicted molar refractivity (Wildman–Crippen MR) is 91.1 cm³/mol. The maximum atomic E-state index is 12.3. The Morgan fingerprint density at radius 2 is 2.09 bits per heavy atom. The van der Waals surface area contributed by atoms with Crippen LogP contribution in [0, 0.1) is 0 Å². The Kier molecular flexibility index (Phi) is 4.64. The van der Waals surface area contributed by atoms with Gasteiger partial charge in [-0.2, -0.15) is 0 Å². The molecule has 0 atom stereocenters. The summed E-state index contributed by atoms with van der Waals surface area (Å²) >= 11 is 12.4. The Morgan fingerprint density at radius 1 is 1.30 bits per heavy atom. The molecule has 0 unspecified atom stereocenters. The number of amides is 1. The molecule has 4 nitrogen and oxygen atoms in total. The van der Waals surface area contributed by atoms with Crippen molar-refractivity contribution in [1.29, 1.82) is 0 Å². The molecule has 0 aliphatic carbocycles. The van der Waals surface area contributed by atoms with Gasteiger partial charge < -0.3 is 9.47 Å².